The van der Waals surface area contributed by atoms with Gasteiger partial charge < -0.3 is 20.4 Å². The maximum Gasteiger partial charge on any atom is 0.273 e. The second-order valence-corrected chi connectivity index (χ2v) is 18.4. The van der Waals surface area contributed by atoms with E-state index >= 15 is 0 Å². The van der Waals surface area contributed by atoms with Gasteiger partial charge in [-0.3, -0.25) is 81.8 Å². The molecule has 0 aromatic heterocycles. The molecule has 0 aliphatic heterocycles. The maximum atomic E-state index is 12.9. The average molecular weight is 1020 g/mol. The summed E-state index contributed by atoms with van der Waals surface area (Å²) in [5, 5.41) is 41.3. The summed E-state index contributed by atoms with van der Waals surface area (Å²) in [7, 11) is 0. The van der Waals surface area contributed by atoms with E-state index in [0.29, 0.717) is 58.1 Å². The van der Waals surface area contributed by atoms with Gasteiger partial charge in [-0.15, -0.1) is 0 Å². The number of phenolic OH excluding ortho intramolecular Hbond substituents is 4. The number of rotatable bonds is 24. The first kappa shape index (κ1) is 56.1. The first-order chi connectivity index (χ1) is 34.1. The van der Waals surface area contributed by atoms with Gasteiger partial charge >= 0.3 is 0 Å². The summed E-state index contributed by atoms with van der Waals surface area (Å²) in [4.78, 5) is 101. The van der Waals surface area contributed by atoms with Gasteiger partial charge in [0, 0.05) is 48.7 Å². The number of thioether (sulfide) groups is 2. The summed E-state index contributed by atoms with van der Waals surface area (Å²) >= 11 is 2.59. The van der Waals surface area contributed by atoms with Crippen LogP contribution in [-0.4, -0.2) is 90.7 Å². The highest BCUT2D eigenvalue weighted by Gasteiger charge is 2.20. The summed E-state index contributed by atoms with van der Waals surface area (Å²) in [6.45, 7) is 4.02. The zero-order chi connectivity index (χ0) is 51.7. The molecule has 0 aliphatic carbocycles. The molecule has 12 N–H and O–H groups in total. The van der Waals surface area contributed by atoms with E-state index in [-0.39, 0.29) is 77.4 Å². The van der Waals surface area contributed by atoms with Crippen LogP contribution in [0.25, 0.3) is 0 Å². The number of amides is 8. The predicted octanol–water partition coefficient (Wildman–Crippen LogP) is 4.26. The van der Waals surface area contributed by atoms with Crippen molar-refractivity contribution in [2.75, 3.05) is 23.0 Å². The molecule has 0 heterocycles. The fourth-order valence-electron chi connectivity index (χ4n) is 6.71. The molecule has 71 heavy (non-hydrogen) atoms. The minimum Gasteiger partial charge on any atom is -0.507 e. The number of phenols is 4. The number of hydrogen-bond acceptors (Lipinski definition) is 14. The Morgan fingerprint density at radius 2 is 0.761 bits per heavy atom. The summed E-state index contributed by atoms with van der Waals surface area (Å²) in [5.41, 5.74) is 20.7. The molecule has 22 heteroatoms. The van der Waals surface area contributed by atoms with Crippen LogP contribution in [0.4, 0.5) is 0 Å². The zero-order valence-corrected chi connectivity index (χ0v) is 41.0. The van der Waals surface area contributed by atoms with Gasteiger partial charge in [0.25, 0.3) is 23.6 Å². The smallest absolute Gasteiger partial charge is 0.273 e. The highest BCUT2D eigenvalue weighted by atomic mass is 32.2. The van der Waals surface area contributed by atoms with Crippen molar-refractivity contribution in [1.29, 1.82) is 0 Å². The normalized spacial score (nSPS) is 10.6. The van der Waals surface area contributed by atoms with Crippen molar-refractivity contribution in [3.05, 3.63) is 117 Å². The third kappa shape index (κ3) is 18.8. The van der Waals surface area contributed by atoms with Gasteiger partial charge in [-0.25, -0.2) is 0 Å². The molecular formula is C49H60N8O12S2. The Bertz CT molecular complexity index is 2370. The Morgan fingerprint density at radius 3 is 1.10 bits per heavy atom. The standard InChI is InChI=1S/C49H60N8O12S2/c1-3-5-9-32-11-7-13-38(60)44(32)48(68)56-52-42(64)21-25-70-23-19-40(62)50-54-46(66)34-28-30(15-17-36(34)58)27-31-16-18-37(59)35(29-31)47(67)55-51-41(63)20-24-71-26-22-43(65)53-57-49(69)45-33(10-6-4-2)12-8-14-39(45)61/h7-8,11-18,28-29,58-61H,3-6,9-10,19-27H2,1-2H3,(H,50,62)(H,51,63)(H,52,64)(H,53,65)(H,54,66)(H,55,67)(H,56,68)(H,57,69). The number of unbranched alkanes of at least 4 members (excludes halogenated alkanes) is 2. The molecule has 0 radical (unpaired) electrons. The molecule has 0 unspecified atom stereocenters. The molecule has 0 saturated carbocycles. The lowest BCUT2D eigenvalue weighted by atomic mass is 10.00. The molecule has 0 fully saturated rings. The number of benzene rings is 4. The molecular weight excluding hydrogens is 957 g/mol. The lowest BCUT2D eigenvalue weighted by molar-refractivity contribution is -0.122. The van der Waals surface area contributed by atoms with Gasteiger partial charge in [0.05, 0.1) is 22.3 Å². The van der Waals surface area contributed by atoms with Crippen molar-refractivity contribution in [3.63, 3.8) is 0 Å². The Balaban J connectivity index is 1.12. The van der Waals surface area contributed by atoms with Crippen LogP contribution in [0, 0.1) is 0 Å². The summed E-state index contributed by atoms with van der Waals surface area (Å²) < 4.78 is 0. The van der Waals surface area contributed by atoms with E-state index < -0.39 is 47.3 Å². The second kappa shape index (κ2) is 29.5. The maximum absolute atomic E-state index is 12.9. The third-order valence-corrected chi connectivity index (χ3v) is 12.5. The monoisotopic (exact) mass is 1020 g/mol. The zero-order valence-electron chi connectivity index (χ0n) is 39.4. The Morgan fingerprint density at radius 1 is 0.423 bits per heavy atom. The van der Waals surface area contributed by atoms with E-state index in [1.807, 2.05) is 13.8 Å². The van der Waals surface area contributed by atoms with Crippen molar-refractivity contribution < 1.29 is 58.8 Å². The highest BCUT2D eigenvalue weighted by molar-refractivity contribution is 7.99. The first-order valence-electron chi connectivity index (χ1n) is 22.9. The van der Waals surface area contributed by atoms with E-state index in [1.54, 1.807) is 36.4 Å². The topological polar surface area (TPSA) is 314 Å². The SMILES string of the molecule is CCCCc1cccc(O)c1C(=O)NNC(=O)CCSCCC(=O)NNC(=O)c1cc(Cc2ccc(O)c(C(=O)NNC(=O)CCSCCC(=O)NNC(=O)c3c(O)cccc3CCCC)c2)ccc1O. The summed E-state index contributed by atoms with van der Waals surface area (Å²) in [6.07, 6.45) is 4.84. The molecule has 0 atom stereocenters. The van der Waals surface area contributed by atoms with Gasteiger partial charge in [-0.05, 0) is 90.8 Å². The molecule has 20 nitrogen and oxygen atoms in total. The Hall–Kier alpha value is -7.46. The Labute approximate surface area is 419 Å². The van der Waals surface area contributed by atoms with Gasteiger partial charge in [0.15, 0.2) is 0 Å². The summed E-state index contributed by atoms with van der Waals surface area (Å²) in [5.74, 6) is -4.72. The average Bonchev–Trinajstić information content (AvgIpc) is 3.35. The predicted molar refractivity (Wildman–Crippen MR) is 268 cm³/mol. The van der Waals surface area contributed by atoms with Crippen molar-refractivity contribution in [1.82, 2.24) is 43.4 Å². The van der Waals surface area contributed by atoms with Crippen LogP contribution in [0.15, 0.2) is 72.8 Å². The largest absolute Gasteiger partial charge is 0.507 e. The van der Waals surface area contributed by atoms with Gasteiger partial charge in [-0.2, -0.15) is 23.5 Å². The molecule has 0 aliphatic rings. The second-order valence-electron chi connectivity index (χ2n) is 15.9. The molecule has 4 rings (SSSR count). The van der Waals surface area contributed by atoms with E-state index in [0.717, 1.165) is 25.7 Å². The minimum absolute atomic E-state index is 0.0151. The van der Waals surface area contributed by atoms with Crippen molar-refractivity contribution in [2.24, 2.45) is 0 Å². The number of hydrogen-bond donors (Lipinski definition) is 12. The van der Waals surface area contributed by atoms with Crippen LogP contribution < -0.4 is 43.4 Å². The third-order valence-electron chi connectivity index (χ3n) is 10.5. The molecule has 0 bridgehead atoms. The van der Waals surface area contributed by atoms with E-state index in [9.17, 15) is 58.8 Å². The molecule has 4 aromatic rings. The van der Waals surface area contributed by atoms with Crippen LogP contribution in [0.3, 0.4) is 0 Å². The van der Waals surface area contributed by atoms with Crippen molar-refractivity contribution in [2.45, 2.75) is 84.5 Å². The lowest BCUT2D eigenvalue weighted by Gasteiger charge is -2.12. The number of aryl methyl sites for hydroxylation is 2. The first-order valence-corrected chi connectivity index (χ1v) is 25.2. The number of aromatic hydroxyl groups is 4. The molecule has 8 amide bonds. The molecule has 0 saturated heterocycles. The fourth-order valence-corrected chi connectivity index (χ4v) is 8.44. The lowest BCUT2D eigenvalue weighted by Crippen LogP contribution is -2.42. The molecule has 0 spiro atoms. The quantitative estimate of drug-likeness (QED) is 0.0345. The number of nitrogens with one attached hydrogen (secondary N) is 8. The van der Waals surface area contributed by atoms with Crippen LogP contribution in [0.5, 0.6) is 23.0 Å². The van der Waals surface area contributed by atoms with Crippen molar-refractivity contribution >= 4 is 70.8 Å². The molecule has 4 aromatic carbocycles. The van der Waals surface area contributed by atoms with Gasteiger partial charge in [0.1, 0.15) is 23.0 Å². The van der Waals surface area contributed by atoms with Crippen LogP contribution in [0.1, 0.15) is 129 Å². The van der Waals surface area contributed by atoms with Gasteiger partial charge in [-0.1, -0.05) is 63.1 Å². The highest BCUT2D eigenvalue weighted by Crippen LogP contribution is 2.26. The van der Waals surface area contributed by atoms with Crippen LogP contribution in [0.2, 0.25) is 0 Å². The van der Waals surface area contributed by atoms with E-state index in [4.69, 9.17) is 0 Å². The number of carbonyl (C=O) groups excluding carboxylic acids is 8. The van der Waals surface area contributed by atoms with Crippen molar-refractivity contribution in [3.8, 4) is 23.0 Å². The van der Waals surface area contributed by atoms with Crippen LogP contribution in [-0.2, 0) is 38.4 Å². The Kier molecular flexibility index (Phi) is 23.4. The number of carbonyl (C=O) groups is 8. The number of hydrazine groups is 4. The van der Waals surface area contributed by atoms with E-state index in [1.165, 1.54) is 59.9 Å². The summed E-state index contributed by atoms with van der Waals surface area (Å²) in [6, 6.07) is 18.1. The van der Waals surface area contributed by atoms with Gasteiger partial charge in [0.2, 0.25) is 23.6 Å². The van der Waals surface area contributed by atoms with Crippen LogP contribution >= 0.6 is 23.5 Å². The van der Waals surface area contributed by atoms with E-state index in [2.05, 4.69) is 43.4 Å². The fraction of sp³-hybridized carbons (Fsp3) is 0.347. The minimum atomic E-state index is -0.807. The molecule has 380 valence electrons.